The molecule has 0 bridgehead atoms. The molecule has 4 nitrogen and oxygen atoms in total. The lowest BCUT2D eigenvalue weighted by atomic mass is 10.2. The van der Waals surface area contributed by atoms with E-state index in [1.165, 1.54) is 6.20 Å². The first-order valence-corrected chi connectivity index (χ1v) is 3.65. The van der Waals surface area contributed by atoms with E-state index in [1.54, 1.807) is 13.1 Å². The number of aromatic nitrogens is 1. The van der Waals surface area contributed by atoms with Crippen LogP contribution >= 0.6 is 11.6 Å². The summed E-state index contributed by atoms with van der Waals surface area (Å²) in [5.41, 5.74) is 6.23. The summed E-state index contributed by atoms with van der Waals surface area (Å²) in [7, 11) is 0. The molecule has 0 unspecified atom stereocenters. The van der Waals surface area contributed by atoms with Crippen LogP contribution in [0.3, 0.4) is 0 Å². The maximum absolute atomic E-state index is 10.5. The van der Waals surface area contributed by atoms with Gasteiger partial charge in [-0.1, -0.05) is 11.6 Å². The van der Waals surface area contributed by atoms with Crippen LogP contribution in [0, 0.1) is 6.92 Å². The molecule has 0 aliphatic heterocycles. The molecule has 5 heteroatoms. The van der Waals surface area contributed by atoms with Gasteiger partial charge in [-0.15, -0.1) is 0 Å². The Morgan fingerprint density at radius 2 is 2.33 bits per heavy atom. The minimum absolute atomic E-state index is 0.383. The van der Waals surface area contributed by atoms with E-state index in [9.17, 15) is 4.79 Å². The summed E-state index contributed by atoms with van der Waals surface area (Å²) in [5.74, 6) is 0. The second kappa shape index (κ2) is 3.40. The zero-order chi connectivity index (χ0) is 9.14. The second-order valence-electron chi connectivity index (χ2n) is 2.30. The topological polar surface area (TPSA) is 68.0 Å². The van der Waals surface area contributed by atoms with Crippen molar-refractivity contribution < 1.29 is 4.79 Å². The van der Waals surface area contributed by atoms with Crippen LogP contribution in [-0.2, 0) is 0 Å². The van der Waals surface area contributed by atoms with E-state index in [2.05, 4.69) is 10.3 Å². The zero-order valence-electron chi connectivity index (χ0n) is 6.47. The highest BCUT2D eigenvalue weighted by Gasteiger charge is 2.04. The summed E-state index contributed by atoms with van der Waals surface area (Å²) in [6.45, 7) is 1.78. The van der Waals surface area contributed by atoms with Gasteiger partial charge in [0.25, 0.3) is 0 Å². The number of amides is 2. The van der Waals surface area contributed by atoms with E-state index in [4.69, 9.17) is 17.3 Å². The number of carbonyl (C=O) groups excluding carboxylic acids is 1. The predicted molar refractivity (Wildman–Crippen MR) is 47.2 cm³/mol. The molecular weight excluding hydrogens is 178 g/mol. The van der Waals surface area contributed by atoms with Crippen LogP contribution in [0.15, 0.2) is 12.4 Å². The highest BCUT2D eigenvalue weighted by atomic mass is 35.5. The number of rotatable bonds is 1. The van der Waals surface area contributed by atoms with Crippen molar-refractivity contribution in [3.05, 3.63) is 23.0 Å². The first-order chi connectivity index (χ1) is 5.61. The average molecular weight is 186 g/mol. The van der Waals surface area contributed by atoms with Crippen LogP contribution in [0.4, 0.5) is 10.5 Å². The minimum atomic E-state index is -0.633. The van der Waals surface area contributed by atoms with Crippen LogP contribution in [0.2, 0.25) is 5.02 Å². The first-order valence-electron chi connectivity index (χ1n) is 3.28. The lowest BCUT2D eigenvalue weighted by Crippen LogP contribution is -2.20. The van der Waals surface area contributed by atoms with Gasteiger partial charge in [0.15, 0.2) is 0 Å². The molecule has 0 aliphatic carbocycles. The summed E-state index contributed by atoms with van der Waals surface area (Å²) in [6, 6.07) is -0.633. The number of nitrogens with zero attached hydrogens (tertiary/aromatic N) is 1. The second-order valence-corrected chi connectivity index (χ2v) is 2.71. The molecule has 0 aliphatic rings. The van der Waals surface area contributed by atoms with Crippen molar-refractivity contribution in [1.29, 1.82) is 0 Å². The molecular formula is C7H8ClN3O. The van der Waals surface area contributed by atoms with Crippen molar-refractivity contribution in [2.45, 2.75) is 6.92 Å². The Balaban J connectivity index is 3.04. The molecule has 64 valence electrons. The molecule has 1 rings (SSSR count). The van der Waals surface area contributed by atoms with E-state index in [-0.39, 0.29) is 0 Å². The molecule has 0 spiro atoms. The van der Waals surface area contributed by atoms with Crippen molar-refractivity contribution in [1.82, 2.24) is 4.98 Å². The van der Waals surface area contributed by atoms with Gasteiger partial charge in [0, 0.05) is 12.4 Å². The summed E-state index contributed by atoms with van der Waals surface area (Å²) >= 11 is 5.74. The summed E-state index contributed by atoms with van der Waals surface area (Å²) in [6.07, 6.45) is 3.04. The molecule has 0 atom stereocenters. The van der Waals surface area contributed by atoms with Crippen molar-refractivity contribution in [2.24, 2.45) is 5.73 Å². The van der Waals surface area contributed by atoms with Crippen LogP contribution in [0.25, 0.3) is 0 Å². The van der Waals surface area contributed by atoms with Gasteiger partial charge in [-0.05, 0) is 12.5 Å². The van der Waals surface area contributed by atoms with Crippen molar-refractivity contribution >= 4 is 23.3 Å². The van der Waals surface area contributed by atoms with E-state index in [0.717, 1.165) is 5.56 Å². The molecule has 12 heavy (non-hydrogen) atoms. The number of nitrogens with one attached hydrogen (secondary N) is 1. The SMILES string of the molecule is Cc1cncc(Cl)c1NC(N)=O. The van der Waals surface area contributed by atoms with Crippen molar-refractivity contribution in [2.75, 3.05) is 5.32 Å². The molecule has 0 aromatic carbocycles. The van der Waals surface area contributed by atoms with Gasteiger partial charge < -0.3 is 11.1 Å². The fourth-order valence-electron chi connectivity index (χ4n) is 0.813. The number of primary amides is 1. The Hall–Kier alpha value is -1.29. The molecule has 0 fully saturated rings. The van der Waals surface area contributed by atoms with Gasteiger partial charge in [0.1, 0.15) is 0 Å². The zero-order valence-corrected chi connectivity index (χ0v) is 7.22. The third kappa shape index (κ3) is 1.85. The number of anilines is 1. The predicted octanol–water partition coefficient (Wildman–Crippen LogP) is 1.53. The Morgan fingerprint density at radius 1 is 1.67 bits per heavy atom. The Bertz CT molecular complexity index is 293. The minimum Gasteiger partial charge on any atom is -0.351 e. The highest BCUT2D eigenvalue weighted by molar-refractivity contribution is 6.33. The highest BCUT2D eigenvalue weighted by Crippen LogP contribution is 2.23. The number of carbonyl (C=O) groups is 1. The van der Waals surface area contributed by atoms with Gasteiger partial charge in [-0.3, -0.25) is 4.98 Å². The van der Waals surface area contributed by atoms with Gasteiger partial charge >= 0.3 is 6.03 Å². The number of pyridine rings is 1. The number of hydrogen-bond acceptors (Lipinski definition) is 2. The number of urea groups is 1. The maximum Gasteiger partial charge on any atom is 0.316 e. The Morgan fingerprint density at radius 3 is 2.83 bits per heavy atom. The smallest absolute Gasteiger partial charge is 0.316 e. The van der Waals surface area contributed by atoms with Crippen LogP contribution < -0.4 is 11.1 Å². The van der Waals surface area contributed by atoms with Gasteiger partial charge in [-0.2, -0.15) is 0 Å². The van der Waals surface area contributed by atoms with Crippen LogP contribution in [-0.4, -0.2) is 11.0 Å². The molecule has 0 saturated heterocycles. The van der Waals surface area contributed by atoms with E-state index >= 15 is 0 Å². The fraction of sp³-hybridized carbons (Fsp3) is 0.143. The quantitative estimate of drug-likeness (QED) is 0.697. The summed E-state index contributed by atoms with van der Waals surface area (Å²) in [4.78, 5) is 14.3. The third-order valence-electron chi connectivity index (χ3n) is 1.34. The molecule has 0 saturated carbocycles. The molecule has 1 aromatic rings. The van der Waals surface area contributed by atoms with E-state index in [0.29, 0.717) is 10.7 Å². The molecule has 1 heterocycles. The van der Waals surface area contributed by atoms with Crippen LogP contribution in [0.5, 0.6) is 0 Å². The molecule has 0 radical (unpaired) electrons. The van der Waals surface area contributed by atoms with Gasteiger partial charge in [0.2, 0.25) is 0 Å². The average Bonchev–Trinajstić information content (AvgIpc) is 1.97. The van der Waals surface area contributed by atoms with Crippen molar-refractivity contribution in [3.63, 3.8) is 0 Å². The van der Waals surface area contributed by atoms with Crippen LogP contribution in [0.1, 0.15) is 5.56 Å². The Kier molecular flexibility index (Phi) is 2.50. The van der Waals surface area contributed by atoms with Gasteiger partial charge in [-0.25, -0.2) is 4.79 Å². The summed E-state index contributed by atoms with van der Waals surface area (Å²) in [5, 5.41) is 2.79. The lowest BCUT2D eigenvalue weighted by molar-refractivity contribution is 0.259. The largest absolute Gasteiger partial charge is 0.351 e. The number of hydrogen-bond donors (Lipinski definition) is 2. The van der Waals surface area contributed by atoms with Gasteiger partial charge in [0.05, 0.1) is 10.7 Å². The maximum atomic E-state index is 10.5. The lowest BCUT2D eigenvalue weighted by Gasteiger charge is -2.06. The molecule has 3 N–H and O–H groups in total. The fourth-order valence-corrected chi connectivity index (χ4v) is 1.07. The summed E-state index contributed by atoms with van der Waals surface area (Å²) < 4.78 is 0. The number of halogens is 1. The normalized spacial score (nSPS) is 9.50. The third-order valence-corrected chi connectivity index (χ3v) is 1.62. The number of aryl methyl sites for hydroxylation is 1. The first kappa shape index (κ1) is 8.80. The van der Waals surface area contributed by atoms with E-state index < -0.39 is 6.03 Å². The Labute approximate surface area is 74.7 Å². The molecule has 1 aromatic heterocycles. The molecule has 2 amide bonds. The number of nitrogens with two attached hydrogens (primary N) is 1. The standard InChI is InChI=1S/C7H8ClN3O/c1-4-2-10-3-5(8)6(4)11-7(9)12/h2-3H,1H3,(H3,9,10,11,12). The monoisotopic (exact) mass is 185 g/mol. The van der Waals surface area contributed by atoms with E-state index in [1.807, 2.05) is 0 Å². The van der Waals surface area contributed by atoms with Crippen molar-refractivity contribution in [3.8, 4) is 0 Å².